The van der Waals surface area contributed by atoms with Crippen molar-refractivity contribution in [2.24, 2.45) is 0 Å². The van der Waals surface area contributed by atoms with Crippen LogP contribution in [0.1, 0.15) is 44.2 Å². The van der Waals surface area contributed by atoms with Crippen LogP contribution in [0.2, 0.25) is 0 Å². The summed E-state index contributed by atoms with van der Waals surface area (Å²) in [7, 11) is 4.18. The van der Waals surface area contributed by atoms with E-state index >= 15 is 0 Å². The topological polar surface area (TPSA) is 28.2 Å². The third-order valence-corrected chi connectivity index (χ3v) is 4.50. The molecule has 1 unspecified atom stereocenters. The van der Waals surface area contributed by atoms with Gasteiger partial charge in [0, 0.05) is 24.3 Å². The van der Waals surface area contributed by atoms with E-state index in [-0.39, 0.29) is 11.9 Å². The van der Waals surface area contributed by atoms with Gasteiger partial charge < -0.3 is 5.32 Å². The van der Waals surface area contributed by atoms with Crippen LogP contribution in [0.5, 0.6) is 0 Å². The number of pyridine rings is 1. The van der Waals surface area contributed by atoms with E-state index in [0.717, 1.165) is 5.56 Å². The Morgan fingerprint density at radius 1 is 1.32 bits per heavy atom. The van der Waals surface area contributed by atoms with Crippen molar-refractivity contribution in [1.29, 1.82) is 0 Å². The van der Waals surface area contributed by atoms with Gasteiger partial charge in [-0.05, 0) is 58.3 Å². The SMILES string of the molecule is CNC1CCC(N(C)C(C)c2cncc(F)c2)CC1. The van der Waals surface area contributed by atoms with Crippen molar-refractivity contribution in [3.8, 4) is 0 Å². The first kappa shape index (κ1) is 14.4. The summed E-state index contributed by atoms with van der Waals surface area (Å²) in [4.78, 5) is 6.31. The van der Waals surface area contributed by atoms with E-state index < -0.39 is 0 Å². The molecular formula is C15H24FN3. The molecule has 19 heavy (non-hydrogen) atoms. The van der Waals surface area contributed by atoms with Crippen LogP contribution in [0.25, 0.3) is 0 Å². The summed E-state index contributed by atoms with van der Waals surface area (Å²) in [5, 5.41) is 3.35. The summed E-state index contributed by atoms with van der Waals surface area (Å²) in [6.45, 7) is 2.13. The number of aromatic nitrogens is 1. The van der Waals surface area contributed by atoms with Gasteiger partial charge in [-0.3, -0.25) is 9.88 Å². The third kappa shape index (κ3) is 3.51. The normalized spacial score (nSPS) is 25.5. The summed E-state index contributed by atoms with van der Waals surface area (Å²) in [5.41, 5.74) is 0.957. The zero-order chi connectivity index (χ0) is 13.8. The molecule has 3 nitrogen and oxygen atoms in total. The van der Waals surface area contributed by atoms with Gasteiger partial charge in [-0.25, -0.2) is 4.39 Å². The van der Waals surface area contributed by atoms with Crippen molar-refractivity contribution in [3.63, 3.8) is 0 Å². The molecule has 0 amide bonds. The van der Waals surface area contributed by atoms with Gasteiger partial charge in [-0.1, -0.05) is 0 Å². The summed E-state index contributed by atoms with van der Waals surface area (Å²) in [6.07, 6.45) is 7.88. The largest absolute Gasteiger partial charge is 0.317 e. The molecule has 1 atom stereocenters. The Hall–Kier alpha value is -1.00. The van der Waals surface area contributed by atoms with Gasteiger partial charge in [-0.2, -0.15) is 0 Å². The van der Waals surface area contributed by atoms with Crippen LogP contribution in [0.3, 0.4) is 0 Å². The fraction of sp³-hybridized carbons (Fsp3) is 0.667. The number of halogens is 1. The van der Waals surface area contributed by atoms with Gasteiger partial charge in [0.05, 0.1) is 6.20 Å². The molecule has 1 aromatic rings. The van der Waals surface area contributed by atoms with Crippen LogP contribution in [-0.2, 0) is 0 Å². The first-order valence-corrected chi connectivity index (χ1v) is 7.11. The predicted octanol–water partition coefficient (Wildman–Crippen LogP) is 2.74. The fourth-order valence-electron chi connectivity index (χ4n) is 2.98. The molecule has 1 N–H and O–H groups in total. The molecule has 0 bridgehead atoms. The number of hydrogen-bond donors (Lipinski definition) is 1. The van der Waals surface area contributed by atoms with E-state index in [4.69, 9.17) is 0 Å². The van der Waals surface area contributed by atoms with Gasteiger partial charge in [0.2, 0.25) is 0 Å². The van der Waals surface area contributed by atoms with Crippen molar-refractivity contribution >= 4 is 0 Å². The van der Waals surface area contributed by atoms with Crippen LogP contribution in [-0.4, -0.2) is 36.1 Å². The van der Waals surface area contributed by atoms with Crippen molar-refractivity contribution in [3.05, 3.63) is 29.8 Å². The highest BCUT2D eigenvalue weighted by Crippen LogP contribution is 2.28. The quantitative estimate of drug-likeness (QED) is 0.907. The molecule has 0 saturated heterocycles. The second kappa shape index (κ2) is 6.44. The van der Waals surface area contributed by atoms with E-state index in [1.54, 1.807) is 12.3 Å². The predicted molar refractivity (Wildman–Crippen MR) is 75.5 cm³/mol. The Morgan fingerprint density at radius 3 is 2.58 bits per heavy atom. The lowest BCUT2D eigenvalue weighted by molar-refractivity contribution is 0.136. The highest BCUT2D eigenvalue weighted by atomic mass is 19.1. The molecule has 1 aromatic heterocycles. The third-order valence-electron chi connectivity index (χ3n) is 4.50. The molecule has 1 aliphatic rings. The summed E-state index contributed by atoms with van der Waals surface area (Å²) in [6, 6.07) is 3.05. The minimum absolute atomic E-state index is 0.208. The first-order chi connectivity index (χ1) is 9.11. The average molecular weight is 265 g/mol. The average Bonchev–Trinajstić information content (AvgIpc) is 2.46. The lowest BCUT2D eigenvalue weighted by Gasteiger charge is -2.38. The maximum absolute atomic E-state index is 13.2. The minimum Gasteiger partial charge on any atom is -0.317 e. The molecule has 0 aliphatic heterocycles. The van der Waals surface area contributed by atoms with Gasteiger partial charge in [0.15, 0.2) is 0 Å². The highest BCUT2D eigenvalue weighted by molar-refractivity contribution is 5.14. The number of nitrogens with zero attached hydrogens (tertiary/aromatic N) is 2. The van der Waals surface area contributed by atoms with Gasteiger partial charge in [0.1, 0.15) is 5.82 Å². The van der Waals surface area contributed by atoms with E-state index in [0.29, 0.717) is 12.1 Å². The molecule has 1 heterocycles. The maximum Gasteiger partial charge on any atom is 0.141 e. The molecule has 1 aliphatic carbocycles. The smallest absolute Gasteiger partial charge is 0.141 e. The molecule has 106 valence electrons. The molecule has 1 saturated carbocycles. The van der Waals surface area contributed by atoms with Gasteiger partial charge in [0.25, 0.3) is 0 Å². The number of hydrogen-bond acceptors (Lipinski definition) is 3. The van der Waals surface area contributed by atoms with Crippen LogP contribution < -0.4 is 5.32 Å². The summed E-state index contributed by atoms with van der Waals surface area (Å²) >= 11 is 0. The number of nitrogens with one attached hydrogen (secondary N) is 1. The van der Waals surface area contributed by atoms with Crippen molar-refractivity contribution in [2.45, 2.75) is 50.7 Å². The van der Waals surface area contributed by atoms with Crippen LogP contribution in [0.15, 0.2) is 18.5 Å². The number of rotatable bonds is 4. The molecule has 1 fully saturated rings. The van der Waals surface area contributed by atoms with Crippen molar-refractivity contribution in [2.75, 3.05) is 14.1 Å². The summed E-state index contributed by atoms with van der Waals surface area (Å²) < 4.78 is 13.2. The van der Waals surface area contributed by atoms with Gasteiger partial charge >= 0.3 is 0 Å². The van der Waals surface area contributed by atoms with Gasteiger partial charge in [-0.15, -0.1) is 0 Å². The minimum atomic E-state index is -0.253. The second-order valence-electron chi connectivity index (χ2n) is 5.57. The van der Waals surface area contributed by atoms with Crippen LogP contribution in [0.4, 0.5) is 4.39 Å². The first-order valence-electron chi connectivity index (χ1n) is 7.11. The molecular weight excluding hydrogens is 241 g/mol. The Balaban J connectivity index is 1.98. The standard InChI is InChI=1S/C15H24FN3/c1-11(12-8-13(16)10-18-9-12)19(3)15-6-4-14(17-2)5-7-15/h8-11,14-15,17H,4-7H2,1-3H3. The molecule has 2 rings (SSSR count). The summed E-state index contributed by atoms with van der Waals surface area (Å²) in [5.74, 6) is -0.253. The lowest BCUT2D eigenvalue weighted by Crippen LogP contribution is -2.40. The van der Waals surface area contributed by atoms with E-state index in [1.807, 2.05) is 7.05 Å². The maximum atomic E-state index is 13.2. The van der Waals surface area contributed by atoms with Crippen molar-refractivity contribution in [1.82, 2.24) is 15.2 Å². The molecule has 0 aromatic carbocycles. The van der Waals surface area contributed by atoms with E-state index in [1.165, 1.54) is 31.9 Å². The Morgan fingerprint density at radius 2 is 2.00 bits per heavy atom. The molecule has 0 spiro atoms. The second-order valence-corrected chi connectivity index (χ2v) is 5.57. The van der Waals surface area contributed by atoms with Crippen LogP contribution in [0, 0.1) is 5.82 Å². The van der Waals surface area contributed by atoms with E-state index in [2.05, 4.69) is 29.2 Å². The van der Waals surface area contributed by atoms with Crippen LogP contribution >= 0.6 is 0 Å². The zero-order valence-corrected chi connectivity index (χ0v) is 12.1. The lowest BCUT2D eigenvalue weighted by atomic mass is 9.89. The van der Waals surface area contributed by atoms with Crippen molar-refractivity contribution < 1.29 is 4.39 Å². The Bertz CT molecular complexity index is 402. The Labute approximate surface area is 115 Å². The molecule has 4 heteroatoms. The monoisotopic (exact) mass is 265 g/mol. The van der Waals surface area contributed by atoms with E-state index in [9.17, 15) is 4.39 Å². The Kier molecular flexibility index (Phi) is 4.88. The highest BCUT2D eigenvalue weighted by Gasteiger charge is 2.26. The fourth-order valence-corrected chi connectivity index (χ4v) is 2.98. The zero-order valence-electron chi connectivity index (χ0n) is 12.1. The molecule has 0 radical (unpaired) electrons.